The van der Waals surface area contributed by atoms with Gasteiger partial charge in [-0.25, -0.2) is 12.8 Å². The standard InChI is InChI=1S/C48H53FN8O5S2/c1-33-45(48(58)50-2)46(47(54(33)5)34-14-16-36(49)17-15-34)35-10-9-11-40(30-35)56-28-26-55(27-29-56)39-20-18-37(19-21-39)52-64(61,62)42-22-23-43(44(31-42)57(59)60)51-38(24-25-53(3)4)32-63-41-12-7-6-8-13-41/h6-23,30-31,38,51-52H,24-29,32H2,1-5H3,(H,50,58)/t38-/m1/s1. The summed E-state index contributed by atoms with van der Waals surface area (Å²) in [6.07, 6.45) is 0.726. The minimum Gasteiger partial charge on any atom is -0.376 e. The number of carbonyl (C=O) groups is 1. The molecule has 7 rings (SSSR count). The molecule has 64 heavy (non-hydrogen) atoms. The first-order valence-corrected chi connectivity index (χ1v) is 23.5. The SMILES string of the molecule is CNC(=O)c1c(-c2cccc(N3CCN(c4ccc(NS(=O)(=O)c5ccc(N[C@H](CCN(C)C)CSc6ccccc6)c([N+](=O)[O-])c5)cc4)CC3)c2)c(-c2ccc(F)cc2)n(C)c1C. The van der Waals surface area contributed by atoms with Gasteiger partial charge in [0.25, 0.3) is 21.6 Å². The number of nitrogens with one attached hydrogen (secondary N) is 3. The molecule has 13 nitrogen and oxygen atoms in total. The Balaban J connectivity index is 1.02. The van der Waals surface area contributed by atoms with Gasteiger partial charge in [-0.05, 0) is 130 Å². The van der Waals surface area contributed by atoms with E-state index in [2.05, 4.69) is 42.2 Å². The Bertz CT molecular complexity index is 2710. The summed E-state index contributed by atoms with van der Waals surface area (Å²) in [5.41, 5.74) is 6.85. The first-order valence-electron chi connectivity index (χ1n) is 21.0. The van der Waals surface area contributed by atoms with Gasteiger partial charge >= 0.3 is 0 Å². The number of rotatable bonds is 17. The van der Waals surface area contributed by atoms with Crippen molar-refractivity contribution in [1.82, 2.24) is 14.8 Å². The predicted octanol–water partition coefficient (Wildman–Crippen LogP) is 8.73. The van der Waals surface area contributed by atoms with Gasteiger partial charge in [-0.1, -0.05) is 30.3 Å². The van der Waals surface area contributed by atoms with Gasteiger partial charge in [-0.3, -0.25) is 19.6 Å². The highest BCUT2D eigenvalue weighted by molar-refractivity contribution is 7.99. The highest BCUT2D eigenvalue weighted by Crippen LogP contribution is 2.40. The minimum absolute atomic E-state index is 0.114. The zero-order valence-electron chi connectivity index (χ0n) is 36.5. The second-order valence-electron chi connectivity index (χ2n) is 16.0. The molecular formula is C48H53FN8O5S2. The molecule has 6 aromatic rings. The molecule has 1 amide bonds. The molecule has 5 aromatic carbocycles. The van der Waals surface area contributed by atoms with Crippen molar-refractivity contribution >= 4 is 56.1 Å². The number of piperazine rings is 1. The number of sulfonamides is 1. The van der Waals surface area contributed by atoms with E-state index in [-0.39, 0.29) is 34.0 Å². The van der Waals surface area contributed by atoms with Crippen LogP contribution in [0.2, 0.25) is 0 Å². The average molecular weight is 905 g/mol. The Hall–Kier alpha value is -6.36. The maximum atomic E-state index is 13.9. The normalized spacial score (nSPS) is 13.5. The van der Waals surface area contributed by atoms with Gasteiger partial charge in [0.15, 0.2) is 0 Å². The summed E-state index contributed by atoms with van der Waals surface area (Å²) >= 11 is 1.65. The number of nitrogens with zero attached hydrogens (tertiary/aromatic N) is 5. The molecular weight excluding hydrogens is 852 g/mol. The Labute approximate surface area is 378 Å². The lowest BCUT2D eigenvalue weighted by atomic mass is 9.96. The molecule has 0 saturated carbocycles. The molecule has 1 aliphatic rings. The molecule has 16 heteroatoms. The van der Waals surface area contributed by atoms with Crippen molar-refractivity contribution in [2.75, 3.05) is 79.5 Å². The smallest absolute Gasteiger partial charge is 0.293 e. The maximum absolute atomic E-state index is 13.9. The van der Waals surface area contributed by atoms with Crippen LogP contribution in [0.3, 0.4) is 0 Å². The molecule has 2 heterocycles. The maximum Gasteiger partial charge on any atom is 0.293 e. The van der Waals surface area contributed by atoms with Crippen molar-refractivity contribution < 1.29 is 22.5 Å². The highest BCUT2D eigenvalue weighted by Gasteiger charge is 2.27. The van der Waals surface area contributed by atoms with Crippen LogP contribution in [0.1, 0.15) is 22.5 Å². The summed E-state index contributed by atoms with van der Waals surface area (Å²) < 4.78 is 45.7. The van der Waals surface area contributed by atoms with Crippen molar-refractivity contribution in [3.63, 3.8) is 0 Å². The van der Waals surface area contributed by atoms with Crippen LogP contribution >= 0.6 is 11.8 Å². The van der Waals surface area contributed by atoms with Gasteiger partial charge in [-0.15, -0.1) is 11.8 Å². The number of nitro groups is 1. The van der Waals surface area contributed by atoms with Gasteiger partial charge in [0.1, 0.15) is 11.5 Å². The number of amides is 1. The lowest BCUT2D eigenvalue weighted by molar-refractivity contribution is -0.384. The van der Waals surface area contributed by atoms with Gasteiger partial charge in [0.05, 0.1) is 21.1 Å². The number of nitro benzene ring substituents is 1. The molecule has 0 bridgehead atoms. The quantitative estimate of drug-likeness (QED) is 0.0462. The van der Waals surface area contributed by atoms with Crippen LogP contribution in [-0.2, 0) is 17.1 Å². The Morgan fingerprint density at radius 2 is 1.53 bits per heavy atom. The van der Waals surface area contributed by atoms with Crippen molar-refractivity contribution in [3.05, 3.63) is 149 Å². The number of carbonyl (C=O) groups excluding carboxylic acids is 1. The molecule has 0 spiro atoms. The predicted molar refractivity (Wildman–Crippen MR) is 257 cm³/mol. The summed E-state index contributed by atoms with van der Waals surface area (Å²) in [4.78, 5) is 32.5. The molecule has 0 unspecified atom stereocenters. The third kappa shape index (κ3) is 10.5. The largest absolute Gasteiger partial charge is 0.376 e. The average Bonchev–Trinajstić information content (AvgIpc) is 3.56. The number of hydrogen-bond acceptors (Lipinski definition) is 10. The zero-order valence-corrected chi connectivity index (χ0v) is 38.2. The Morgan fingerprint density at radius 1 is 0.859 bits per heavy atom. The van der Waals surface area contributed by atoms with E-state index >= 15 is 0 Å². The topological polar surface area (TPSA) is 145 Å². The fourth-order valence-corrected chi connectivity index (χ4v) is 10.0. The van der Waals surface area contributed by atoms with Crippen LogP contribution < -0.4 is 25.2 Å². The van der Waals surface area contributed by atoms with Gasteiger partial charge in [0.2, 0.25) is 0 Å². The second kappa shape index (κ2) is 20.0. The van der Waals surface area contributed by atoms with E-state index in [9.17, 15) is 27.7 Å². The van der Waals surface area contributed by atoms with E-state index in [1.807, 2.05) is 87.2 Å². The number of thioether (sulfide) groups is 1. The minimum atomic E-state index is -4.16. The molecule has 1 fully saturated rings. The molecule has 1 saturated heterocycles. The van der Waals surface area contributed by atoms with Crippen molar-refractivity contribution in [1.29, 1.82) is 0 Å². The lowest BCUT2D eigenvalue weighted by Crippen LogP contribution is -2.46. The lowest BCUT2D eigenvalue weighted by Gasteiger charge is -2.37. The summed E-state index contributed by atoms with van der Waals surface area (Å²) in [7, 11) is 3.31. The Morgan fingerprint density at radius 3 is 2.17 bits per heavy atom. The zero-order chi connectivity index (χ0) is 45.5. The second-order valence-corrected chi connectivity index (χ2v) is 18.8. The first-order chi connectivity index (χ1) is 30.7. The summed E-state index contributed by atoms with van der Waals surface area (Å²) in [5, 5.41) is 18.4. The van der Waals surface area contributed by atoms with Crippen LogP contribution in [0.4, 0.5) is 32.8 Å². The number of benzene rings is 5. The molecule has 1 atom stereocenters. The highest BCUT2D eigenvalue weighted by atomic mass is 32.2. The molecule has 1 aromatic heterocycles. The van der Waals surface area contributed by atoms with Crippen molar-refractivity contribution in [2.24, 2.45) is 7.05 Å². The van der Waals surface area contributed by atoms with Crippen LogP contribution in [0.15, 0.2) is 131 Å². The Kier molecular flexibility index (Phi) is 14.3. The summed E-state index contributed by atoms with van der Waals surface area (Å²) in [5.74, 6) is 0.128. The van der Waals surface area contributed by atoms with Crippen molar-refractivity contribution in [2.45, 2.75) is 29.2 Å². The van der Waals surface area contributed by atoms with E-state index in [1.165, 1.54) is 24.3 Å². The fourth-order valence-electron chi connectivity index (χ4n) is 7.96. The van der Waals surface area contributed by atoms with E-state index in [4.69, 9.17) is 0 Å². The van der Waals surface area contributed by atoms with E-state index in [0.717, 1.165) is 63.4 Å². The number of halogens is 1. The van der Waals surface area contributed by atoms with Crippen molar-refractivity contribution in [3.8, 4) is 22.4 Å². The van der Waals surface area contributed by atoms with E-state index in [0.29, 0.717) is 43.2 Å². The summed E-state index contributed by atoms with van der Waals surface area (Å²) in [6.45, 7) is 5.51. The van der Waals surface area contributed by atoms with Gasteiger partial charge in [-0.2, -0.15) is 0 Å². The summed E-state index contributed by atoms with van der Waals surface area (Å²) in [6, 6.07) is 35.3. The monoisotopic (exact) mass is 904 g/mol. The third-order valence-corrected chi connectivity index (χ3v) is 14.0. The van der Waals surface area contributed by atoms with E-state index in [1.54, 1.807) is 43.1 Å². The van der Waals surface area contributed by atoms with Crippen LogP contribution in [-0.4, -0.2) is 94.4 Å². The fraction of sp³-hybridized carbons (Fsp3) is 0.271. The first kappa shape index (κ1) is 45.7. The van der Waals surface area contributed by atoms with Gasteiger partial charge < -0.3 is 29.9 Å². The molecule has 3 N–H and O–H groups in total. The molecule has 0 radical (unpaired) electrons. The number of anilines is 4. The molecule has 334 valence electrons. The number of aromatic nitrogens is 1. The van der Waals surface area contributed by atoms with Crippen LogP contribution in [0.5, 0.6) is 0 Å². The third-order valence-electron chi connectivity index (χ3n) is 11.5. The van der Waals surface area contributed by atoms with Crippen LogP contribution in [0, 0.1) is 22.9 Å². The molecule has 1 aliphatic heterocycles. The van der Waals surface area contributed by atoms with E-state index < -0.39 is 14.9 Å². The molecule has 0 aliphatic carbocycles. The van der Waals surface area contributed by atoms with Crippen LogP contribution in [0.25, 0.3) is 22.4 Å². The number of hydrogen-bond donors (Lipinski definition) is 3. The van der Waals surface area contributed by atoms with Gasteiger partial charge in [0, 0.05) is 91.4 Å².